The summed E-state index contributed by atoms with van der Waals surface area (Å²) in [6.07, 6.45) is 3.29. The lowest BCUT2D eigenvalue weighted by molar-refractivity contribution is 0.207. The number of hydrogen-bond donors (Lipinski definition) is 1. The van der Waals surface area contributed by atoms with Crippen LogP contribution in [0.2, 0.25) is 0 Å². The zero-order valence-corrected chi connectivity index (χ0v) is 12.8. The Balaban J connectivity index is 1.72. The summed E-state index contributed by atoms with van der Waals surface area (Å²) in [5.41, 5.74) is 0.980. The molecule has 0 radical (unpaired) electrons. The lowest BCUT2D eigenvalue weighted by Crippen LogP contribution is -2.33. The summed E-state index contributed by atoms with van der Waals surface area (Å²) in [5.74, 6) is 0. The molecule has 3 heterocycles. The van der Waals surface area contributed by atoms with E-state index >= 15 is 0 Å². The van der Waals surface area contributed by atoms with Crippen molar-refractivity contribution < 1.29 is 9.21 Å². The Labute approximate surface area is 130 Å². The van der Waals surface area contributed by atoms with Crippen molar-refractivity contribution in [2.75, 3.05) is 5.32 Å². The van der Waals surface area contributed by atoms with Gasteiger partial charge < -0.3 is 9.32 Å². The van der Waals surface area contributed by atoms with E-state index < -0.39 is 0 Å². The Kier molecular flexibility index (Phi) is 4.37. The van der Waals surface area contributed by atoms with Crippen LogP contribution in [0.1, 0.15) is 10.4 Å². The number of carbonyl (C=O) groups is 1. The Morgan fingerprint density at radius 3 is 2.67 bits per heavy atom. The van der Waals surface area contributed by atoms with E-state index in [0.717, 1.165) is 15.4 Å². The van der Waals surface area contributed by atoms with Gasteiger partial charge in [0.25, 0.3) is 0 Å². The van der Waals surface area contributed by atoms with Gasteiger partial charge in [0.15, 0.2) is 0 Å². The molecule has 0 bridgehead atoms. The van der Waals surface area contributed by atoms with Crippen molar-refractivity contribution >= 4 is 33.7 Å². The van der Waals surface area contributed by atoms with E-state index in [1.54, 1.807) is 28.8 Å². The lowest BCUT2D eigenvalue weighted by Gasteiger charge is -2.21. The molecule has 1 N–H and O–H groups in total. The minimum Gasteiger partial charge on any atom is -0.472 e. The molecule has 0 saturated carbocycles. The zero-order chi connectivity index (χ0) is 14.5. The predicted molar refractivity (Wildman–Crippen MR) is 85.6 cm³/mol. The van der Waals surface area contributed by atoms with Crippen LogP contribution in [0.15, 0.2) is 58.0 Å². The number of carbonyl (C=O) groups excluding carboxylic acids is 1. The highest BCUT2D eigenvalue weighted by Gasteiger charge is 2.16. The summed E-state index contributed by atoms with van der Waals surface area (Å²) in [6, 6.07) is 9.61. The van der Waals surface area contributed by atoms with Crippen molar-refractivity contribution in [2.24, 2.45) is 0 Å². The summed E-state index contributed by atoms with van der Waals surface area (Å²) < 4.78 is 5.08. The van der Waals surface area contributed by atoms with Gasteiger partial charge in [-0.25, -0.2) is 4.79 Å². The molecule has 6 heteroatoms. The normalized spacial score (nSPS) is 10.5. The minimum atomic E-state index is -0.105. The molecule has 2 amide bonds. The number of amides is 2. The Bertz CT molecular complexity index is 624. The zero-order valence-electron chi connectivity index (χ0n) is 11.2. The largest absolute Gasteiger partial charge is 0.472 e. The highest BCUT2D eigenvalue weighted by molar-refractivity contribution is 7.14. The fourth-order valence-corrected chi connectivity index (χ4v) is 3.25. The molecule has 0 spiro atoms. The van der Waals surface area contributed by atoms with Gasteiger partial charge in [0.05, 0.1) is 30.6 Å². The number of rotatable bonds is 5. The summed E-state index contributed by atoms with van der Waals surface area (Å²) in [7, 11) is 0. The third kappa shape index (κ3) is 3.74. The van der Waals surface area contributed by atoms with Gasteiger partial charge in [-0.2, -0.15) is 0 Å². The second-order valence-corrected chi connectivity index (χ2v) is 6.45. The first kappa shape index (κ1) is 13.9. The standard InChI is InChI=1S/C15H14N2O2S2/c18-15(16-14-4-2-8-21-14)17(9-12-5-6-19-11-12)10-13-3-1-7-20-13/h1-8,11H,9-10H2,(H,16,18). The van der Waals surface area contributed by atoms with Crippen molar-refractivity contribution in [3.05, 3.63) is 64.1 Å². The van der Waals surface area contributed by atoms with Gasteiger partial charge in [0.1, 0.15) is 0 Å². The molecule has 108 valence electrons. The Morgan fingerprint density at radius 1 is 1.14 bits per heavy atom. The number of furan rings is 1. The Hall–Kier alpha value is -2.05. The third-order valence-corrected chi connectivity index (χ3v) is 4.57. The van der Waals surface area contributed by atoms with E-state index in [1.165, 1.54) is 11.3 Å². The first-order chi connectivity index (χ1) is 10.3. The summed E-state index contributed by atoms with van der Waals surface area (Å²) in [5, 5.41) is 7.73. The van der Waals surface area contributed by atoms with Gasteiger partial charge in [-0.1, -0.05) is 6.07 Å². The molecule has 0 saturated heterocycles. The molecule has 0 fully saturated rings. The van der Waals surface area contributed by atoms with E-state index in [-0.39, 0.29) is 6.03 Å². The fraction of sp³-hybridized carbons (Fsp3) is 0.133. The van der Waals surface area contributed by atoms with Crippen LogP contribution in [0, 0.1) is 0 Å². The van der Waals surface area contributed by atoms with E-state index in [1.807, 2.05) is 41.1 Å². The smallest absolute Gasteiger partial charge is 0.323 e. The molecular weight excluding hydrogens is 304 g/mol. The lowest BCUT2D eigenvalue weighted by atomic mass is 10.3. The Morgan fingerprint density at radius 2 is 2.00 bits per heavy atom. The summed E-state index contributed by atoms with van der Waals surface area (Å²) >= 11 is 3.16. The molecule has 0 aliphatic carbocycles. The molecule has 0 aliphatic heterocycles. The van der Waals surface area contributed by atoms with Crippen LogP contribution in [0.5, 0.6) is 0 Å². The summed E-state index contributed by atoms with van der Waals surface area (Å²) in [6.45, 7) is 1.10. The second-order valence-electron chi connectivity index (χ2n) is 4.47. The quantitative estimate of drug-likeness (QED) is 0.745. The average Bonchev–Trinajstić information content (AvgIpc) is 3.21. The first-order valence-corrected chi connectivity index (χ1v) is 8.20. The van der Waals surface area contributed by atoms with Gasteiger partial charge in [-0.05, 0) is 35.0 Å². The monoisotopic (exact) mass is 318 g/mol. The van der Waals surface area contributed by atoms with Gasteiger partial charge in [-0.3, -0.25) is 5.32 Å². The highest BCUT2D eigenvalue weighted by Crippen LogP contribution is 2.19. The molecule has 0 aromatic carbocycles. The van der Waals surface area contributed by atoms with Crippen LogP contribution < -0.4 is 5.32 Å². The molecule has 21 heavy (non-hydrogen) atoms. The van der Waals surface area contributed by atoms with Crippen LogP contribution in [0.25, 0.3) is 0 Å². The molecule has 4 nitrogen and oxygen atoms in total. The van der Waals surface area contributed by atoms with E-state index in [2.05, 4.69) is 5.32 Å². The number of thiophene rings is 2. The molecule has 3 rings (SSSR count). The van der Waals surface area contributed by atoms with Gasteiger partial charge in [-0.15, -0.1) is 22.7 Å². The van der Waals surface area contributed by atoms with E-state index in [4.69, 9.17) is 4.42 Å². The van der Waals surface area contributed by atoms with Crippen LogP contribution >= 0.6 is 22.7 Å². The van der Waals surface area contributed by atoms with Crippen LogP contribution in [-0.4, -0.2) is 10.9 Å². The van der Waals surface area contributed by atoms with Crippen molar-refractivity contribution in [3.8, 4) is 0 Å². The van der Waals surface area contributed by atoms with Gasteiger partial charge in [0, 0.05) is 10.4 Å². The van der Waals surface area contributed by atoms with Gasteiger partial charge in [0.2, 0.25) is 0 Å². The first-order valence-electron chi connectivity index (χ1n) is 6.44. The highest BCUT2D eigenvalue weighted by atomic mass is 32.1. The molecule has 3 aromatic heterocycles. The molecule has 0 unspecified atom stereocenters. The number of nitrogens with one attached hydrogen (secondary N) is 1. The molecular formula is C15H14N2O2S2. The van der Waals surface area contributed by atoms with Gasteiger partial charge >= 0.3 is 6.03 Å². The third-order valence-electron chi connectivity index (χ3n) is 2.92. The number of nitrogens with zero attached hydrogens (tertiary/aromatic N) is 1. The number of hydrogen-bond acceptors (Lipinski definition) is 4. The van der Waals surface area contributed by atoms with E-state index in [9.17, 15) is 4.79 Å². The van der Waals surface area contributed by atoms with Crippen molar-refractivity contribution in [2.45, 2.75) is 13.1 Å². The number of anilines is 1. The van der Waals surface area contributed by atoms with Crippen molar-refractivity contribution in [1.29, 1.82) is 0 Å². The topological polar surface area (TPSA) is 45.5 Å². The van der Waals surface area contributed by atoms with E-state index in [0.29, 0.717) is 13.1 Å². The molecule has 3 aromatic rings. The maximum absolute atomic E-state index is 12.5. The van der Waals surface area contributed by atoms with Crippen LogP contribution in [0.3, 0.4) is 0 Å². The average molecular weight is 318 g/mol. The molecule has 0 aliphatic rings. The maximum atomic E-state index is 12.5. The number of urea groups is 1. The maximum Gasteiger partial charge on any atom is 0.323 e. The fourth-order valence-electron chi connectivity index (χ4n) is 1.93. The van der Waals surface area contributed by atoms with Crippen molar-refractivity contribution in [1.82, 2.24) is 4.90 Å². The summed E-state index contributed by atoms with van der Waals surface area (Å²) in [4.78, 5) is 15.4. The second kappa shape index (κ2) is 6.60. The van der Waals surface area contributed by atoms with Crippen LogP contribution in [-0.2, 0) is 13.1 Å². The van der Waals surface area contributed by atoms with Crippen LogP contribution in [0.4, 0.5) is 9.80 Å². The minimum absolute atomic E-state index is 0.105. The SMILES string of the molecule is O=C(Nc1cccs1)N(Cc1ccoc1)Cc1cccs1. The molecule has 0 atom stereocenters. The van der Waals surface area contributed by atoms with Crippen molar-refractivity contribution in [3.63, 3.8) is 0 Å². The predicted octanol–water partition coefficient (Wildman–Crippen LogP) is 4.64.